The minimum absolute atomic E-state index is 0.0256. The largest absolute Gasteiger partial charge is 0.478 e. The van der Waals surface area contributed by atoms with Crippen molar-refractivity contribution in [1.29, 1.82) is 0 Å². The smallest absolute Gasteiger partial charge is 0.335 e. The number of rotatable bonds is 4. The first-order valence-electron chi connectivity index (χ1n) is 7.01. The summed E-state index contributed by atoms with van der Waals surface area (Å²) in [6, 6.07) is 6.19. The number of aromatic carboxylic acids is 1. The van der Waals surface area contributed by atoms with E-state index in [0.29, 0.717) is 12.1 Å². The molecule has 5 heteroatoms. The number of nitrogens with one attached hydrogen (secondary N) is 1. The molecule has 1 aromatic carbocycles. The van der Waals surface area contributed by atoms with Gasteiger partial charge in [0.05, 0.1) is 5.56 Å². The van der Waals surface area contributed by atoms with Crippen molar-refractivity contribution in [2.75, 3.05) is 5.32 Å². The van der Waals surface area contributed by atoms with E-state index >= 15 is 0 Å². The highest BCUT2D eigenvalue weighted by molar-refractivity contribution is 5.94. The lowest BCUT2D eigenvalue weighted by Gasteiger charge is -2.29. The number of hydrogen-bond donors (Lipinski definition) is 3. The van der Waals surface area contributed by atoms with Crippen molar-refractivity contribution in [2.45, 2.75) is 31.7 Å². The highest BCUT2D eigenvalue weighted by atomic mass is 16.4. The maximum atomic E-state index is 12.1. The highest BCUT2D eigenvalue weighted by Gasteiger charge is 2.25. The van der Waals surface area contributed by atoms with Crippen LogP contribution in [0.1, 0.15) is 36.0 Å². The van der Waals surface area contributed by atoms with Gasteiger partial charge in [-0.05, 0) is 43.4 Å². The molecule has 1 aliphatic rings. The van der Waals surface area contributed by atoms with Gasteiger partial charge in [-0.2, -0.15) is 0 Å². The zero-order valence-electron chi connectivity index (χ0n) is 11.8. The fraction of sp³-hybridized carbons (Fsp3) is 0.375. The minimum Gasteiger partial charge on any atom is -0.478 e. The first-order valence-corrected chi connectivity index (χ1v) is 7.01. The number of hydrogen-bond acceptors (Lipinski definition) is 3. The first-order chi connectivity index (χ1) is 9.95. The summed E-state index contributed by atoms with van der Waals surface area (Å²) in [5.74, 6) is -0.998. The van der Waals surface area contributed by atoms with Crippen LogP contribution >= 0.6 is 0 Å². The van der Waals surface area contributed by atoms with Crippen LogP contribution in [0.15, 0.2) is 36.4 Å². The fourth-order valence-corrected chi connectivity index (χ4v) is 2.64. The number of amides is 1. The second-order valence-corrected chi connectivity index (χ2v) is 5.55. The average Bonchev–Trinajstić information content (AvgIpc) is 2.42. The normalized spacial score (nSPS) is 21.9. The molecule has 0 bridgehead atoms. The Labute approximate surface area is 123 Å². The summed E-state index contributed by atoms with van der Waals surface area (Å²) < 4.78 is 0. The molecule has 0 saturated heterocycles. The molecule has 0 radical (unpaired) electrons. The average molecular weight is 288 g/mol. The summed E-state index contributed by atoms with van der Waals surface area (Å²) in [4.78, 5) is 22.9. The maximum absolute atomic E-state index is 12.1. The molecule has 5 nitrogen and oxygen atoms in total. The standard InChI is InChI=1S/C16H20N2O3/c1-10-5-6-11(14(17)7-10)9-15(19)18-13-4-2-3-12(8-13)16(20)21/h2-4,8,11,14H,1,5-7,9,17H2,(H,18,19)(H,20,21). The van der Waals surface area contributed by atoms with Crippen molar-refractivity contribution in [1.82, 2.24) is 0 Å². The number of carbonyl (C=O) groups is 2. The van der Waals surface area contributed by atoms with Crippen molar-refractivity contribution in [3.63, 3.8) is 0 Å². The second-order valence-electron chi connectivity index (χ2n) is 5.55. The molecule has 4 N–H and O–H groups in total. The third-order valence-corrected chi connectivity index (χ3v) is 3.84. The Hall–Kier alpha value is -2.14. The van der Waals surface area contributed by atoms with Gasteiger partial charge in [-0.3, -0.25) is 4.79 Å². The van der Waals surface area contributed by atoms with Crippen LogP contribution in [-0.4, -0.2) is 23.0 Å². The third-order valence-electron chi connectivity index (χ3n) is 3.84. The Balaban J connectivity index is 1.94. The molecular formula is C16H20N2O3. The van der Waals surface area contributed by atoms with Gasteiger partial charge in [0.15, 0.2) is 0 Å². The van der Waals surface area contributed by atoms with Crippen LogP contribution in [0.2, 0.25) is 0 Å². The molecule has 112 valence electrons. The summed E-state index contributed by atoms with van der Waals surface area (Å²) in [5.41, 5.74) is 7.85. The lowest BCUT2D eigenvalue weighted by Crippen LogP contribution is -2.36. The van der Waals surface area contributed by atoms with Crippen molar-refractivity contribution >= 4 is 17.6 Å². The van der Waals surface area contributed by atoms with Gasteiger partial charge in [-0.1, -0.05) is 18.2 Å². The van der Waals surface area contributed by atoms with E-state index in [1.165, 1.54) is 12.1 Å². The molecule has 2 rings (SSSR count). The maximum Gasteiger partial charge on any atom is 0.335 e. The fourth-order valence-electron chi connectivity index (χ4n) is 2.64. The molecule has 0 heterocycles. The molecule has 1 amide bonds. The molecule has 2 unspecified atom stereocenters. The van der Waals surface area contributed by atoms with E-state index in [4.69, 9.17) is 10.8 Å². The van der Waals surface area contributed by atoms with Crippen molar-refractivity contribution in [3.05, 3.63) is 42.0 Å². The Morgan fingerprint density at radius 1 is 1.43 bits per heavy atom. The Kier molecular flexibility index (Phi) is 4.75. The second kappa shape index (κ2) is 6.54. The van der Waals surface area contributed by atoms with Crippen LogP contribution < -0.4 is 11.1 Å². The van der Waals surface area contributed by atoms with E-state index in [1.807, 2.05) is 0 Å². The summed E-state index contributed by atoms with van der Waals surface area (Å²) >= 11 is 0. The van der Waals surface area contributed by atoms with Crippen LogP contribution in [0.3, 0.4) is 0 Å². The van der Waals surface area contributed by atoms with Gasteiger partial charge in [-0.25, -0.2) is 4.79 Å². The predicted molar refractivity (Wildman–Crippen MR) is 81.1 cm³/mol. The van der Waals surface area contributed by atoms with Crippen molar-refractivity contribution in [3.8, 4) is 0 Å². The SMILES string of the molecule is C=C1CCC(CC(=O)Nc2cccc(C(=O)O)c2)C(N)C1. The topological polar surface area (TPSA) is 92.4 Å². The lowest BCUT2D eigenvalue weighted by molar-refractivity contribution is -0.117. The number of carboxylic acid groups (broad SMARTS) is 1. The Morgan fingerprint density at radius 3 is 2.86 bits per heavy atom. The van der Waals surface area contributed by atoms with Crippen molar-refractivity contribution < 1.29 is 14.7 Å². The summed E-state index contributed by atoms with van der Waals surface area (Å²) in [6.07, 6.45) is 2.92. The van der Waals surface area contributed by atoms with Gasteiger partial charge in [0.2, 0.25) is 5.91 Å². The van der Waals surface area contributed by atoms with Gasteiger partial charge in [0.1, 0.15) is 0 Å². The zero-order valence-corrected chi connectivity index (χ0v) is 11.8. The molecule has 1 fully saturated rings. The molecular weight excluding hydrogens is 268 g/mol. The number of nitrogens with two attached hydrogens (primary N) is 1. The Bertz CT molecular complexity index is 568. The molecule has 1 saturated carbocycles. The van der Waals surface area contributed by atoms with Crippen molar-refractivity contribution in [2.24, 2.45) is 11.7 Å². The van der Waals surface area contributed by atoms with E-state index in [2.05, 4.69) is 11.9 Å². The van der Waals surface area contributed by atoms with Crippen LogP contribution in [0.25, 0.3) is 0 Å². The molecule has 21 heavy (non-hydrogen) atoms. The summed E-state index contributed by atoms with van der Waals surface area (Å²) in [6.45, 7) is 3.94. The Morgan fingerprint density at radius 2 is 2.19 bits per heavy atom. The zero-order chi connectivity index (χ0) is 15.4. The van der Waals surface area contributed by atoms with Gasteiger partial charge in [0, 0.05) is 18.2 Å². The molecule has 1 aliphatic carbocycles. The molecule has 2 atom stereocenters. The van der Waals surface area contributed by atoms with Crippen LogP contribution in [0.4, 0.5) is 5.69 Å². The first kappa shape index (κ1) is 15.3. The molecule has 0 aliphatic heterocycles. The summed E-state index contributed by atoms with van der Waals surface area (Å²) in [5, 5.41) is 11.7. The van der Waals surface area contributed by atoms with E-state index in [9.17, 15) is 9.59 Å². The molecule has 1 aromatic rings. The number of carbonyl (C=O) groups excluding carboxylic acids is 1. The van der Waals surface area contributed by atoms with Gasteiger partial charge in [-0.15, -0.1) is 0 Å². The monoisotopic (exact) mass is 288 g/mol. The van der Waals surface area contributed by atoms with E-state index in [0.717, 1.165) is 24.8 Å². The number of carboxylic acids is 1. The van der Waals surface area contributed by atoms with Crippen LogP contribution in [0.5, 0.6) is 0 Å². The number of anilines is 1. The lowest BCUT2D eigenvalue weighted by atomic mass is 9.80. The van der Waals surface area contributed by atoms with Gasteiger partial charge < -0.3 is 16.2 Å². The minimum atomic E-state index is -1.01. The predicted octanol–water partition coefficient (Wildman–Crippen LogP) is 2.40. The van der Waals surface area contributed by atoms with Gasteiger partial charge >= 0.3 is 5.97 Å². The van der Waals surface area contributed by atoms with Crippen LogP contribution in [-0.2, 0) is 4.79 Å². The molecule has 0 aromatic heterocycles. The van der Waals surface area contributed by atoms with E-state index < -0.39 is 5.97 Å². The quantitative estimate of drug-likeness (QED) is 0.742. The van der Waals surface area contributed by atoms with E-state index in [-0.39, 0.29) is 23.4 Å². The summed E-state index contributed by atoms with van der Waals surface area (Å²) in [7, 11) is 0. The molecule has 0 spiro atoms. The van der Waals surface area contributed by atoms with E-state index in [1.54, 1.807) is 12.1 Å². The van der Waals surface area contributed by atoms with Crippen LogP contribution in [0, 0.1) is 5.92 Å². The number of benzene rings is 1. The highest BCUT2D eigenvalue weighted by Crippen LogP contribution is 2.28. The third kappa shape index (κ3) is 4.16. The van der Waals surface area contributed by atoms with Gasteiger partial charge in [0.25, 0.3) is 0 Å².